The molecule has 0 atom stereocenters. The van der Waals surface area contributed by atoms with Gasteiger partial charge in [0.2, 0.25) is 0 Å². The van der Waals surface area contributed by atoms with E-state index in [1.807, 2.05) is 6.92 Å². The highest BCUT2D eigenvalue weighted by atomic mass is 19.1. The molecule has 0 aliphatic heterocycles. The lowest BCUT2D eigenvalue weighted by atomic mass is 9.99. The van der Waals surface area contributed by atoms with E-state index in [1.54, 1.807) is 24.3 Å². The molecule has 92 valence electrons. The highest BCUT2D eigenvalue weighted by molar-refractivity contribution is 5.99. The van der Waals surface area contributed by atoms with Crippen LogP contribution >= 0.6 is 0 Å². The summed E-state index contributed by atoms with van der Waals surface area (Å²) in [6.45, 7) is 1.87. The van der Waals surface area contributed by atoms with Crippen LogP contribution < -0.4 is 0 Å². The van der Waals surface area contributed by atoms with Gasteiger partial charge in [0.1, 0.15) is 11.6 Å². The Morgan fingerprint density at radius 2 is 1.67 bits per heavy atom. The van der Waals surface area contributed by atoms with Crippen molar-refractivity contribution in [3.63, 3.8) is 0 Å². The van der Waals surface area contributed by atoms with E-state index >= 15 is 0 Å². The molecule has 0 radical (unpaired) electrons. The van der Waals surface area contributed by atoms with E-state index in [0.717, 1.165) is 0 Å². The lowest BCUT2D eigenvalue weighted by Crippen LogP contribution is -1.97. The van der Waals surface area contributed by atoms with Crippen LogP contribution in [0.25, 0.3) is 11.1 Å². The van der Waals surface area contributed by atoms with Crippen molar-refractivity contribution in [1.29, 1.82) is 5.41 Å². The molecule has 0 fully saturated rings. The molecule has 0 saturated heterocycles. The Morgan fingerprint density at radius 3 is 2.28 bits per heavy atom. The quantitative estimate of drug-likeness (QED) is 0.774. The van der Waals surface area contributed by atoms with Crippen LogP contribution in [0.15, 0.2) is 42.5 Å². The van der Waals surface area contributed by atoms with Gasteiger partial charge in [0, 0.05) is 5.71 Å². The largest absolute Gasteiger partial charge is 0.305 e. The Labute approximate surface area is 105 Å². The van der Waals surface area contributed by atoms with Crippen LogP contribution in [0.2, 0.25) is 0 Å². The van der Waals surface area contributed by atoms with Crippen molar-refractivity contribution in [3.05, 3.63) is 59.7 Å². The highest BCUT2D eigenvalue weighted by Crippen LogP contribution is 2.26. The Balaban J connectivity index is 2.55. The van der Waals surface area contributed by atoms with Crippen molar-refractivity contribution in [3.8, 4) is 11.1 Å². The van der Waals surface area contributed by atoms with E-state index in [4.69, 9.17) is 5.41 Å². The summed E-state index contributed by atoms with van der Waals surface area (Å²) in [4.78, 5) is 0. The molecule has 2 aromatic rings. The average Bonchev–Trinajstić information content (AvgIpc) is 2.38. The van der Waals surface area contributed by atoms with E-state index in [-0.39, 0.29) is 5.56 Å². The number of rotatable bonds is 3. The van der Waals surface area contributed by atoms with Gasteiger partial charge < -0.3 is 5.41 Å². The normalized spacial score (nSPS) is 10.4. The lowest BCUT2D eigenvalue weighted by molar-refractivity contribution is 0.589. The maximum absolute atomic E-state index is 13.7. The van der Waals surface area contributed by atoms with Crippen molar-refractivity contribution >= 4 is 5.71 Å². The van der Waals surface area contributed by atoms with Gasteiger partial charge in [-0.1, -0.05) is 31.2 Å². The van der Waals surface area contributed by atoms with E-state index in [0.29, 0.717) is 23.3 Å². The zero-order valence-electron chi connectivity index (χ0n) is 10.0. The fourth-order valence-electron chi connectivity index (χ4n) is 1.84. The maximum Gasteiger partial charge on any atom is 0.133 e. The number of hydrogen-bond acceptors (Lipinski definition) is 1. The van der Waals surface area contributed by atoms with Crippen molar-refractivity contribution in [2.24, 2.45) is 0 Å². The summed E-state index contributed by atoms with van der Waals surface area (Å²) in [5, 5.41) is 7.76. The highest BCUT2D eigenvalue weighted by Gasteiger charge is 2.11. The second kappa shape index (κ2) is 5.08. The van der Waals surface area contributed by atoms with Gasteiger partial charge in [0.25, 0.3) is 0 Å². The average molecular weight is 245 g/mol. The third kappa shape index (κ3) is 2.30. The molecular formula is C15H13F2N. The summed E-state index contributed by atoms with van der Waals surface area (Å²) in [5.74, 6) is -1.18. The van der Waals surface area contributed by atoms with Gasteiger partial charge >= 0.3 is 0 Å². The number of hydrogen-bond donors (Lipinski definition) is 1. The van der Waals surface area contributed by atoms with Gasteiger partial charge in [-0.05, 0) is 35.7 Å². The summed E-state index contributed by atoms with van der Waals surface area (Å²) in [7, 11) is 0. The van der Waals surface area contributed by atoms with Gasteiger partial charge in [0.05, 0.1) is 5.56 Å². The second-order valence-electron chi connectivity index (χ2n) is 4.01. The third-order valence-electron chi connectivity index (χ3n) is 2.82. The summed E-state index contributed by atoms with van der Waals surface area (Å²) in [6.07, 6.45) is 0.587. The van der Waals surface area contributed by atoms with Gasteiger partial charge in [0.15, 0.2) is 0 Å². The van der Waals surface area contributed by atoms with Crippen LogP contribution in [0.1, 0.15) is 18.9 Å². The van der Waals surface area contributed by atoms with Crippen LogP contribution in [-0.4, -0.2) is 5.71 Å². The summed E-state index contributed by atoms with van der Waals surface area (Å²) < 4.78 is 27.3. The number of benzene rings is 2. The SMILES string of the molecule is CCC(=N)c1cccc(-c2c(F)cccc2F)c1. The molecule has 2 aromatic carbocycles. The summed E-state index contributed by atoms with van der Waals surface area (Å²) >= 11 is 0. The molecule has 2 rings (SSSR count). The minimum Gasteiger partial charge on any atom is -0.305 e. The Hall–Kier alpha value is -2.03. The van der Waals surface area contributed by atoms with Crippen LogP contribution in [0.4, 0.5) is 8.78 Å². The molecule has 0 aliphatic rings. The zero-order chi connectivity index (χ0) is 13.1. The molecule has 0 bridgehead atoms. The second-order valence-corrected chi connectivity index (χ2v) is 4.01. The van der Waals surface area contributed by atoms with Gasteiger partial charge in [-0.25, -0.2) is 8.78 Å². The third-order valence-corrected chi connectivity index (χ3v) is 2.82. The number of halogens is 2. The van der Waals surface area contributed by atoms with Crippen molar-refractivity contribution in [2.45, 2.75) is 13.3 Å². The first-order valence-corrected chi connectivity index (χ1v) is 5.75. The smallest absolute Gasteiger partial charge is 0.133 e. The molecule has 0 amide bonds. The molecule has 0 aliphatic carbocycles. The monoisotopic (exact) mass is 245 g/mol. The van der Waals surface area contributed by atoms with E-state index in [9.17, 15) is 8.78 Å². The van der Waals surface area contributed by atoms with Gasteiger partial charge in [-0.3, -0.25) is 0 Å². The molecule has 0 unspecified atom stereocenters. The Morgan fingerprint density at radius 1 is 1.06 bits per heavy atom. The van der Waals surface area contributed by atoms with E-state index in [1.165, 1.54) is 18.2 Å². The predicted molar refractivity (Wildman–Crippen MR) is 68.9 cm³/mol. The molecule has 3 heteroatoms. The fourth-order valence-corrected chi connectivity index (χ4v) is 1.84. The van der Waals surface area contributed by atoms with Crippen LogP contribution in [0.3, 0.4) is 0 Å². The van der Waals surface area contributed by atoms with E-state index in [2.05, 4.69) is 0 Å². The standard InChI is InChI=1S/C15H13F2N/c1-2-14(18)10-5-3-6-11(9-10)15-12(16)7-4-8-13(15)17/h3-9,18H,2H2,1H3. The lowest BCUT2D eigenvalue weighted by Gasteiger charge is -2.07. The van der Waals surface area contributed by atoms with Gasteiger partial charge in [-0.15, -0.1) is 0 Å². The molecule has 18 heavy (non-hydrogen) atoms. The van der Waals surface area contributed by atoms with E-state index < -0.39 is 11.6 Å². The molecule has 0 saturated carbocycles. The maximum atomic E-state index is 13.7. The topological polar surface area (TPSA) is 23.9 Å². The molecule has 1 nitrogen and oxygen atoms in total. The first-order valence-electron chi connectivity index (χ1n) is 5.75. The molecule has 1 N–H and O–H groups in total. The van der Waals surface area contributed by atoms with Crippen LogP contribution in [0.5, 0.6) is 0 Å². The zero-order valence-corrected chi connectivity index (χ0v) is 10.0. The molecule has 0 aromatic heterocycles. The predicted octanol–water partition coefficient (Wildman–Crippen LogP) is 4.41. The minimum atomic E-state index is -0.588. The number of nitrogens with one attached hydrogen (secondary N) is 1. The Bertz CT molecular complexity index is 571. The summed E-state index contributed by atoms with van der Waals surface area (Å²) in [5.41, 5.74) is 1.57. The first kappa shape index (κ1) is 12.4. The van der Waals surface area contributed by atoms with Gasteiger partial charge in [-0.2, -0.15) is 0 Å². The van der Waals surface area contributed by atoms with Crippen molar-refractivity contribution < 1.29 is 8.78 Å². The summed E-state index contributed by atoms with van der Waals surface area (Å²) in [6, 6.07) is 10.6. The minimum absolute atomic E-state index is 0.0387. The Kier molecular flexibility index (Phi) is 3.51. The molecule has 0 heterocycles. The van der Waals surface area contributed by atoms with Crippen molar-refractivity contribution in [2.75, 3.05) is 0 Å². The van der Waals surface area contributed by atoms with Crippen LogP contribution in [-0.2, 0) is 0 Å². The van der Waals surface area contributed by atoms with Crippen molar-refractivity contribution in [1.82, 2.24) is 0 Å². The first-order chi connectivity index (χ1) is 8.63. The fraction of sp³-hybridized carbons (Fsp3) is 0.133. The van der Waals surface area contributed by atoms with Crippen LogP contribution in [0, 0.1) is 17.0 Å². The molecule has 0 spiro atoms. The molecular weight excluding hydrogens is 232 g/mol.